The molecule has 0 spiro atoms. The Morgan fingerprint density at radius 3 is 2.67 bits per heavy atom. The Morgan fingerprint density at radius 2 is 2.10 bits per heavy atom. The quantitative estimate of drug-likeness (QED) is 0.808. The van der Waals surface area contributed by atoms with Crippen molar-refractivity contribution in [3.63, 3.8) is 0 Å². The molecule has 0 unspecified atom stereocenters. The summed E-state index contributed by atoms with van der Waals surface area (Å²) in [5.41, 5.74) is 7.09. The number of thiophene rings is 1. The number of hydrogen-bond donors (Lipinski definition) is 3. The molecule has 0 aliphatic carbocycles. The van der Waals surface area contributed by atoms with Gasteiger partial charge in [-0.25, -0.2) is 4.39 Å². The Labute approximate surface area is 125 Å². The maximum Gasteiger partial charge on any atom is 0.263 e. The highest BCUT2D eigenvalue weighted by Gasteiger charge is 2.20. The van der Waals surface area contributed by atoms with Crippen LogP contribution in [-0.4, -0.2) is 13.0 Å². The largest absolute Gasteiger partial charge is 0.396 e. The van der Waals surface area contributed by atoms with E-state index in [4.69, 9.17) is 11.0 Å². The Bertz CT molecular complexity index is 703. The summed E-state index contributed by atoms with van der Waals surface area (Å²) in [6, 6.07) is 8.00. The van der Waals surface area contributed by atoms with Crippen LogP contribution in [0.3, 0.4) is 0 Å². The average Bonchev–Trinajstić information content (AvgIpc) is 2.82. The summed E-state index contributed by atoms with van der Waals surface area (Å²) in [4.78, 5) is 12.0. The predicted molar refractivity (Wildman–Crippen MR) is 80.6 cm³/mol. The molecule has 4 N–H and O–H groups in total. The smallest absolute Gasteiger partial charge is 0.263 e. The number of benzene rings is 1. The highest BCUT2D eigenvalue weighted by Crippen LogP contribution is 2.35. The van der Waals surface area contributed by atoms with Crippen molar-refractivity contribution in [3.8, 4) is 6.07 Å². The van der Waals surface area contributed by atoms with Gasteiger partial charge < -0.3 is 16.4 Å². The van der Waals surface area contributed by atoms with Gasteiger partial charge in [-0.1, -0.05) is 12.1 Å². The van der Waals surface area contributed by atoms with E-state index in [1.165, 1.54) is 19.2 Å². The fourth-order valence-corrected chi connectivity index (χ4v) is 2.76. The van der Waals surface area contributed by atoms with Crippen LogP contribution in [0.15, 0.2) is 24.3 Å². The number of nitrogens with one attached hydrogen (secondary N) is 2. The first-order chi connectivity index (χ1) is 10.1. The number of amides is 1. The van der Waals surface area contributed by atoms with Crippen molar-refractivity contribution < 1.29 is 9.18 Å². The second-order valence-corrected chi connectivity index (χ2v) is 5.24. The molecule has 1 aromatic heterocycles. The topological polar surface area (TPSA) is 90.9 Å². The molecule has 0 bridgehead atoms. The number of nitrogen functional groups attached to an aromatic ring is 1. The van der Waals surface area contributed by atoms with Crippen molar-refractivity contribution in [1.82, 2.24) is 5.32 Å². The lowest BCUT2D eigenvalue weighted by atomic mass is 10.2. The minimum atomic E-state index is -0.330. The van der Waals surface area contributed by atoms with Crippen LogP contribution in [0.25, 0.3) is 0 Å². The zero-order valence-electron chi connectivity index (χ0n) is 11.2. The third kappa shape index (κ3) is 3.12. The number of hydrogen-bond acceptors (Lipinski definition) is 5. The van der Waals surface area contributed by atoms with E-state index in [-0.39, 0.29) is 23.0 Å². The molecule has 21 heavy (non-hydrogen) atoms. The second-order valence-electron chi connectivity index (χ2n) is 4.22. The molecule has 0 saturated heterocycles. The Morgan fingerprint density at radius 1 is 1.43 bits per heavy atom. The molecule has 0 radical (unpaired) electrons. The first-order valence-electron chi connectivity index (χ1n) is 6.09. The minimum Gasteiger partial charge on any atom is -0.396 e. The number of carbonyl (C=O) groups is 1. The molecule has 2 rings (SSSR count). The summed E-state index contributed by atoms with van der Waals surface area (Å²) in [7, 11) is 1.50. The Balaban J connectivity index is 2.22. The number of halogens is 1. The monoisotopic (exact) mass is 304 g/mol. The lowest BCUT2D eigenvalue weighted by molar-refractivity contribution is 0.0968. The molecule has 1 amide bonds. The predicted octanol–water partition coefficient (Wildman–Crippen LogP) is 2.31. The summed E-state index contributed by atoms with van der Waals surface area (Å²) in [6.45, 7) is 0.405. The fraction of sp³-hybridized carbons (Fsp3) is 0.143. The van der Waals surface area contributed by atoms with Crippen molar-refractivity contribution in [3.05, 3.63) is 46.1 Å². The van der Waals surface area contributed by atoms with Gasteiger partial charge in [-0.2, -0.15) is 5.26 Å². The van der Waals surface area contributed by atoms with Crippen molar-refractivity contribution in [2.45, 2.75) is 6.54 Å². The van der Waals surface area contributed by atoms with Crippen LogP contribution in [0, 0.1) is 17.1 Å². The summed E-state index contributed by atoms with van der Waals surface area (Å²) in [5.74, 6) is -0.637. The van der Waals surface area contributed by atoms with Crippen molar-refractivity contribution >= 4 is 27.9 Å². The van der Waals surface area contributed by atoms with E-state index in [9.17, 15) is 9.18 Å². The van der Waals surface area contributed by atoms with Gasteiger partial charge in [-0.15, -0.1) is 11.3 Å². The number of nitriles is 1. The zero-order chi connectivity index (χ0) is 15.4. The molecule has 7 heteroatoms. The van der Waals surface area contributed by atoms with Crippen LogP contribution in [0.5, 0.6) is 0 Å². The van der Waals surface area contributed by atoms with Gasteiger partial charge in [0.1, 0.15) is 27.3 Å². The van der Waals surface area contributed by atoms with E-state index in [0.717, 1.165) is 16.9 Å². The molecular weight excluding hydrogens is 291 g/mol. The Kier molecular flexibility index (Phi) is 4.40. The second kappa shape index (κ2) is 6.24. The molecular formula is C14H13FN4OS. The lowest BCUT2D eigenvalue weighted by Gasteiger charge is -2.04. The molecule has 0 saturated carbocycles. The maximum atomic E-state index is 12.8. The number of nitrogens with two attached hydrogens (primary N) is 1. The molecule has 1 heterocycles. The van der Waals surface area contributed by atoms with E-state index < -0.39 is 0 Å². The van der Waals surface area contributed by atoms with E-state index in [0.29, 0.717) is 16.4 Å². The standard InChI is InChI=1S/C14H13FN4OS/c1-18-13(20)12-11(17)10(6-16)14(21-12)19-7-8-2-4-9(15)5-3-8/h2-5,19H,7,17H2,1H3,(H,18,20). The summed E-state index contributed by atoms with van der Waals surface area (Å²) in [5, 5.41) is 15.2. The fourth-order valence-electron chi connectivity index (χ4n) is 1.75. The third-order valence-corrected chi connectivity index (χ3v) is 4.02. The van der Waals surface area contributed by atoms with Gasteiger partial charge in [0, 0.05) is 13.6 Å². The molecule has 0 atom stereocenters. The van der Waals surface area contributed by atoms with Crippen molar-refractivity contribution in [1.29, 1.82) is 5.26 Å². The van der Waals surface area contributed by atoms with Crippen LogP contribution in [0.2, 0.25) is 0 Å². The number of rotatable bonds is 4. The van der Waals surface area contributed by atoms with E-state index >= 15 is 0 Å². The lowest BCUT2D eigenvalue weighted by Crippen LogP contribution is -2.17. The van der Waals surface area contributed by atoms with Gasteiger partial charge in [-0.3, -0.25) is 4.79 Å². The summed E-state index contributed by atoms with van der Waals surface area (Å²) >= 11 is 1.12. The minimum absolute atomic E-state index is 0.170. The zero-order valence-corrected chi connectivity index (χ0v) is 12.1. The normalized spacial score (nSPS) is 9.95. The molecule has 108 valence electrons. The van der Waals surface area contributed by atoms with Crippen LogP contribution >= 0.6 is 11.3 Å². The molecule has 0 fully saturated rings. The highest BCUT2D eigenvalue weighted by atomic mass is 32.1. The van der Waals surface area contributed by atoms with E-state index in [1.54, 1.807) is 12.1 Å². The van der Waals surface area contributed by atoms with Crippen molar-refractivity contribution in [2.24, 2.45) is 0 Å². The summed E-state index contributed by atoms with van der Waals surface area (Å²) in [6.07, 6.45) is 0. The van der Waals surface area contributed by atoms with E-state index in [2.05, 4.69) is 10.6 Å². The summed E-state index contributed by atoms with van der Waals surface area (Å²) < 4.78 is 12.8. The SMILES string of the molecule is CNC(=O)c1sc(NCc2ccc(F)cc2)c(C#N)c1N. The van der Waals surface area contributed by atoms with Gasteiger partial charge in [0.2, 0.25) is 0 Å². The van der Waals surface area contributed by atoms with Gasteiger partial charge in [0.25, 0.3) is 5.91 Å². The van der Waals surface area contributed by atoms with Crippen molar-refractivity contribution in [2.75, 3.05) is 18.1 Å². The van der Waals surface area contributed by atoms with Gasteiger partial charge in [0.15, 0.2) is 0 Å². The average molecular weight is 304 g/mol. The van der Waals surface area contributed by atoms with Crippen LogP contribution < -0.4 is 16.4 Å². The molecule has 5 nitrogen and oxygen atoms in total. The Hall–Kier alpha value is -2.59. The molecule has 2 aromatic rings. The maximum absolute atomic E-state index is 12.8. The third-order valence-electron chi connectivity index (χ3n) is 2.86. The first kappa shape index (κ1) is 14.8. The van der Waals surface area contributed by atoms with Crippen LogP contribution in [-0.2, 0) is 6.54 Å². The van der Waals surface area contributed by atoms with Gasteiger partial charge >= 0.3 is 0 Å². The van der Waals surface area contributed by atoms with E-state index in [1.807, 2.05) is 6.07 Å². The molecule has 1 aromatic carbocycles. The van der Waals surface area contributed by atoms with Crippen LogP contribution in [0.1, 0.15) is 20.8 Å². The van der Waals surface area contributed by atoms with Gasteiger partial charge in [-0.05, 0) is 17.7 Å². The molecule has 0 aliphatic rings. The molecule has 0 aliphatic heterocycles. The number of carbonyl (C=O) groups excluding carboxylic acids is 1. The number of anilines is 2. The first-order valence-corrected chi connectivity index (χ1v) is 6.91. The van der Waals surface area contributed by atoms with Crippen LogP contribution in [0.4, 0.5) is 15.1 Å². The van der Waals surface area contributed by atoms with Gasteiger partial charge in [0.05, 0.1) is 5.69 Å². The number of nitrogens with zero attached hydrogens (tertiary/aromatic N) is 1. The highest BCUT2D eigenvalue weighted by molar-refractivity contribution is 7.18.